The molecule has 1 unspecified atom stereocenters. The highest BCUT2D eigenvalue weighted by molar-refractivity contribution is 7.99. The first-order chi connectivity index (χ1) is 10.1. The summed E-state index contributed by atoms with van der Waals surface area (Å²) >= 11 is 2.00. The van der Waals surface area contributed by atoms with Crippen LogP contribution in [0, 0.1) is 0 Å². The molecule has 21 heavy (non-hydrogen) atoms. The third-order valence-electron chi connectivity index (χ3n) is 4.23. The van der Waals surface area contributed by atoms with E-state index in [0.717, 1.165) is 19.5 Å². The Balaban J connectivity index is 1.69. The van der Waals surface area contributed by atoms with Gasteiger partial charge in [-0.2, -0.15) is 21.2 Å². The van der Waals surface area contributed by atoms with E-state index in [2.05, 4.69) is 10.00 Å². The molecule has 0 amide bonds. The SMILES string of the molecule is Cn1cc(S(=O)(=O)N2CCCN(C3CCSC3)CC2)cn1. The average Bonchev–Trinajstić information content (AvgIpc) is 3.06. The van der Waals surface area contributed by atoms with Crippen LogP contribution in [0.3, 0.4) is 0 Å². The van der Waals surface area contributed by atoms with E-state index in [4.69, 9.17) is 0 Å². The van der Waals surface area contributed by atoms with Crippen LogP contribution in [0.5, 0.6) is 0 Å². The predicted octanol–water partition coefficient (Wildman–Crippen LogP) is 0.622. The molecule has 0 aromatic carbocycles. The molecule has 2 saturated heterocycles. The number of hydrogen-bond acceptors (Lipinski definition) is 5. The minimum absolute atomic E-state index is 0.301. The van der Waals surface area contributed by atoms with Crippen molar-refractivity contribution in [2.75, 3.05) is 37.7 Å². The Labute approximate surface area is 130 Å². The van der Waals surface area contributed by atoms with Crippen LogP contribution < -0.4 is 0 Å². The molecule has 0 spiro atoms. The summed E-state index contributed by atoms with van der Waals surface area (Å²) in [6.45, 7) is 3.03. The highest BCUT2D eigenvalue weighted by Crippen LogP contribution is 2.24. The predicted molar refractivity (Wildman–Crippen MR) is 83.9 cm³/mol. The van der Waals surface area contributed by atoms with Gasteiger partial charge in [0.05, 0.1) is 6.20 Å². The second-order valence-corrected chi connectivity index (χ2v) is 8.75. The van der Waals surface area contributed by atoms with E-state index in [1.54, 1.807) is 17.5 Å². The van der Waals surface area contributed by atoms with Crippen molar-refractivity contribution in [3.63, 3.8) is 0 Å². The zero-order valence-corrected chi connectivity index (χ0v) is 13.9. The fraction of sp³-hybridized carbons (Fsp3) is 0.769. The molecule has 2 aliphatic rings. The van der Waals surface area contributed by atoms with Crippen molar-refractivity contribution < 1.29 is 8.42 Å². The average molecular weight is 330 g/mol. The second kappa shape index (κ2) is 6.28. The Morgan fingerprint density at radius 2 is 2.14 bits per heavy atom. The molecule has 6 nitrogen and oxygen atoms in total. The Morgan fingerprint density at radius 3 is 2.81 bits per heavy atom. The van der Waals surface area contributed by atoms with Crippen molar-refractivity contribution in [3.8, 4) is 0 Å². The van der Waals surface area contributed by atoms with E-state index in [-0.39, 0.29) is 0 Å². The minimum atomic E-state index is -3.39. The number of aromatic nitrogens is 2. The third kappa shape index (κ3) is 3.28. The first-order valence-corrected chi connectivity index (χ1v) is 9.97. The summed E-state index contributed by atoms with van der Waals surface area (Å²) in [5.74, 6) is 2.42. The molecule has 1 atom stereocenters. The number of aryl methyl sites for hydroxylation is 1. The second-order valence-electron chi connectivity index (χ2n) is 5.66. The smallest absolute Gasteiger partial charge is 0.246 e. The van der Waals surface area contributed by atoms with Gasteiger partial charge in [-0.15, -0.1) is 0 Å². The van der Waals surface area contributed by atoms with E-state index in [9.17, 15) is 8.42 Å². The van der Waals surface area contributed by atoms with E-state index >= 15 is 0 Å². The van der Waals surface area contributed by atoms with Crippen molar-refractivity contribution in [2.45, 2.75) is 23.8 Å². The minimum Gasteiger partial charge on any atom is -0.298 e. The van der Waals surface area contributed by atoms with Crippen molar-refractivity contribution in [1.29, 1.82) is 0 Å². The monoisotopic (exact) mass is 330 g/mol. The molecular formula is C13H22N4O2S2. The first-order valence-electron chi connectivity index (χ1n) is 7.38. The molecular weight excluding hydrogens is 308 g/mol. The topological polar surface area (TPSA) is 58.4 Å². The van der Waals surface area contributed by atoms with Gasteiger partial charge >= 0.3 is 0 Å². The fourth-order valence-electron chi connectivity index (χ4n) is 3.01. The lowest BCUT2D eigenvalue weighted by Gasteiger charge is -2.26. The van der Waals surface area contributed by atoms with Crippen molar-refractivity contribution in [2.24, 2.45) is 7.05 Å². The van der Waals surface area contributed by atoms with Crippen molar-refractivity contribution >= 4 is 21.8 Å². The molecule has 0 saturated carbocycles. The summed E-state index contributed by atoms with van der Waals surface area (Å²) in [5, 5.41) is 3.98. The van der Waals surface area contributed by atoms with E-state index in [1.807, 2.05) is 11.8 Å². The van der Waals surface area contributed by atoms with Gasteiger partial charge in [0, 0.05) is 44.7 Å². The quantitative estimate of drug-likeness (QED) is 0.813. The lowest BCUT2D eigenvalue weighted by Crippen LogP contribution is -2.39. The zero-order valence-electron chi connectivity index (χ0n) is 12.3. The molecule has 3 heterocycles. The van der Waals surface area contributed by atoms with Gasteiger partial charge in [0.15, 0.2) is 0 Å². The number of nitrogens with zero attached hydrogens (tertiary/aromatic N) is 4. The summed E-state index contributed by atoms with van der Waals surface area (Å²) in [7, 11) is -1.66. The molecule has 0 bridgehead atoms. The van der Waals surface area contributed by atoms with Crippen LogP contribution >= 0.6 is 11.8 Å². The molecule has 0 N–H and O–H groups in total. The van der Waals surface area contributed by atoms with Crippen LogP contribution in [0.2, 0.25) is 0 Å². The Bertz CT molecular complexity index is 581. The van der Waals surface area contributed by atoms with Crippen LogP contribution in [-0.4, -0.2) is 71.1 Å². The van der Waals surface area contributed by atoms with Crippen LogP contribution in [0.1, 0.15) is 12.8 Å². The van der Waals surface area contributed by atoms with Crippen LogP contribution in [0.15, 0.2) is 17.3 Å². The molecule has 2 aliphatic heterocycles. The molecule has 2 fully saturated rings. The van der Waals surface area contributed by atoms with Gasteiger partial charge in [-0.25, -0.2) is 8.42 Å². The summed E-state index contributed by atoms with van der Waals surface area (Å²) in [5.41, 5.74) is 0. The van der Waals surface area contributed by atoms with E-state index < -0.39 is 10.0 Å². The Kier molecular flexibility index (Phi) is 4.58. The van der Waals surface area contributed by atoms with Gasteiger partial charge in [0.2, 0.25) is 10.0 Å². The normalized spacial score (nSPS) is 26.0. The van der Waals surface area contributed by atoms with E-state index in [1.165, 1.54) is 28.8 Å². The largest absolute Gasteiger partial charge is 0.298 e. The number of rotatable bonds is 3. The zero-order chi connectivity index (χ0) is 14.9. The fourth-order valence-corrected chi connectivity index (χ4v) is 5.72. The maximum Gasteiger partial charge on any atom is 0.246 e. The lowest BCUT2D eigenvalue weighted by molar-refractivity contribution is 0.223. The Morgan fingerprint density at radius 1 is 1.29 bits per heavy atom. The van der Waals surface area contributed by atoms with Gasteiger partial charge in [-0.05, 0) is 25.1 Å². The molecule has 118 valence electrons. The van der Waals surface area contributed by atoms with Crippen molar-refractivity contribution in [3.05, 3.63) is 12.4 Å². The maximum atomic E-state index is 12.6. The summed E-state index contributed by atoms with van der Waals surface area (Å²) in [4.78, 5) is 2.77. The molecule has 8 heteroatoms. The standard InChI is InChI=1S/C13H22N4O2S2/c1-15-10-13(9-14-15)21(18,19)17-5-2-4-16(6-7-17)12-3-8-20-11-12/h9-10,12H,2-8,11H2,1H3. The highest BCUT2D eigenvalue weighted by atomic mass is 32.2. The lowest BCUT2D eigenvalue weighted by atomic mass is 10.2. The van der Waals surface area contributed by atoms with Crippen molar-refractivity contribution in [1.82, 2.24) is 19.0 Å². The summed E-state index contributed by atoms with van der Waals surface area (Å²) in [6.07, 6.45) is 5.15. The third-order valence-corrected chi connectivity index (χ3v) is 7.23. The molecule has 0 aliphatic carbocycles. The highest BCUT2D eigenvalue weighted by Gasteiger charge is 2.30. The number of sulfonamides is 1. The van der Waals surface area contributed by atoms with Crippen LogP contribution in [0.4, 0.5) is 0 Å². The summed E-state index contributed by atoms with van der Waals surface area (Å²) < 4.78 is 28.4. The van der Waals surface area contributed by atoms with Crippen LogP contribution in [0.25, 0.3) is 0 Å². The number of hydrogen-bond donors (Lipinski definition) is 0. The van der Waals surface area contributed by atoms with Gasteiger partial charge < -0.3 is 0 Å². The maximum absolute atomic E-state index is 12.6. The summed E-state index contributed by atoms with van der Waals surface area (Å²) in [6, 6.07) is 0.635. The number of thioether (sulfide) groups is 1. The van der Waals surface area contributed by atoms with Crippen LogP contribution in [-0.2, 0) is 17.1 Å². The molecule has 3 rings (SSSR count). The van der Waals surface area contributed by atoms with Gasteiger partial charge in [0.1, 0.15) is 4.90 Å². The van der Waals surface area contributed by atoms with Gasteiger partial charge in [-0.1, -0.05) is 0 Å². The Hall–Kier alpha value is -0.570. The molecule has 1 aromatic rings. The molecule has 1 aromatic heterocycles. The van der Waals surface area contributed by atoms with Gasteiger partial charge in [-0.3, -0.25) is 9.58 Å². The van der Waals surface area contributed by atoms with E-state index in [0.29, 0.717) is 24.0 Å². The molecule has 0 radical (unpaired) electrons. The first kappa shape index (κ1) is 15.3. The van der Waals surface area contributed by atoms with Gasteiger partial charge in [0.25, 0.3) is 0 Å².